The number of aliphatic hydroxyl groups excluding tert-OH is 1. The molecule has 2 fully saturated rings. The van der Waals surface area contributed by atoms with Gasteiger partial charge < -0.3 is 30.5 Å². The highest BCUT2D eigenvalue weighted by atomic mass is 16.6. The van der Waals surface area contributed by atoms with Gasteiger partial charge in [-0.2, -0.15) is 0 Å². The lowest BCUT2D eigenvalue weighted by Crippen LogP contribution is -2.55. The van der Waals surface area contributed by atoms with Gasteiger partial charge in [0.15, 0.2) is 5.72 Å². The Kier molecular flexibility index (Phi) is 3.19. The summed E-state index contributed by atoms with van der Waals surface area (Å²) in [6.07, 6.45) is -1.48. The standard InChI is InChI=1S/C15H20N4O5/c1-5-9(16)12(21)8-6(4-24-14(17)22)15(23-2)13-7(18-13)3-19(15)10(8)11(5)20/h6-7,13-14,18,22H,3-4,16-17H2,1-2H3/t6?,7-,13-,14?,15+/m0/s1. The first-order valence-electron chi connectivity index (χ1n) is 7.78. The van der Waals surface area contributed by atoms with E-state index in [1.165, 1.54) is 7.11 Å². The molecule has 130 valence electrons. The molecular formula is C15H20N4O5. The first-order chi connectivity index (χ1) is 11.3. The summed E-state index contributed by atoms with van der Waals surface area (Å²) >= 11 is 0. The number of rotatable bonds is 4. The van der Waals surface area contributed by atoms with Gasteiger partial charge >= 0.3 is 0 Å². The third-order valence-corrected chi connectivity index (χ3v) is 5.52. The molecule has 24 heavy (non-hydrogen) atoms. The van der Waals surface area contributed by atoms with E-state index in [9.17, 15) is 14.7 Å². The van der Waals surface area contributed by atoms with Crippen molar-refractivity contribution in [3.63, 3.8) is 0 Å². The van der Waals surface area contributed by atoms with Gasteiger partial charge in [0.2, 0.25) is 18.0 Å². The Morgan fingerprint density at radius 1 is 1.46 bits per heavy atom. The van der Waals surface area contributed by atoms with Crippen LogP contribution in [0.15, 0.2) is 22.5 Å². The van der Waals surface area contributed by atoms with Crippen LogP contribution < -0.4 is 16.8 Å². The Hall–Kier alpha value is -1.78. The summed E-state index contributed by atoms with van der Waals surface area (Å²) in [4.78, 5) is 27.4. The number of allylic oxidation sites excluding steroid dienone is 2. The fourth-order valence-electron chi connectivity index (χ4n) is 4.34. The second-order valence-corrected chi connectivity index (χ2v) is 6.55. The van der Waals surface area contributed by atoms with Crippen LogP contribution in [-0.2, 0) is 19.1 Å². The molecule has 0 spiro atoms. The second kappa shape index (κ2) is 4.87. The smallest absolute Gasteiger partial charge is 0.210 e. The van der Waals surface area contributed by atoms with Crippen molar-refractivity contribution in [3.05, 3.63) is 22.5 Å². The number of nitrogens with zero attached hydrogens (tertiary/aromatic N) is 1. The van der Waals surface area contributed by atoms with Crippen LogP contribution in [0.25, 0.3) is 0 Å². The van der Waals surface area contributed by atoms with Crippen LogP contribution in [-0.4, -0.2) is 66.1 Å². The summed E-state index contributed by atoms with van der Waals surface area (Å²) in [6, 6.07) is 0.162. The van der Waals surface area contributed by atoms with E-state index in [0.717, 1.165) is 0 Å². The fraction of sp³-hybridized carbons (Fsp3) is 0.600. The summed E-state index contributed by atoms with van der Waals surface area (Å²) in [5, 5.41) is 12.6. The Morgan fingerprint density at radius 3 is 2.79 bits per heavy atom. The van der Waals surface area contributed by atoms with Crippen LogP contribution in [0.2, 0.25) is 0 Å². The molecule has 3 heterocycles. The topological polar surface area (TPSA) is 150 Å². The average molecular weight is 336 g/mol. The zero-order valence-corrected chi connectivity index (χ0v) is 13.4. The molecule has 0 aromatic carbocycles. The van der Waals surface area contributed by atoms with Crippen molar-refractivity contribution in [2.24, 2.45) is 17.4 Å². The molecule has 0 bridgehead atoms. The lowest BCUT2D eigenvalue weighted by molar-refractivity contribution is -0.164. The number of carbonyl (C=O) groups excluding carboxylic acids is 2. The number of methoxy groups -OCH3 is 1. The maximum atomic E-state index is 12.8. The number of Topliss-reactive ketones (excluding diaryl/α,β-unsaturated/α-hetero) is 2. The number of ketones is 2. The van der Waals surface area contributed by atoms with E-state index in [1.54, 1.807) is 6.92 Å². The number of ether oxygens (including phenoxy) is 2. The van der Waals surface area contributed by atoms with Crippen molar-refractivity contribution in [1.82, 2.24) is 10.2 Å². The third-order valence-electron chi connectivity index (χ3n) is 5.52. The third kappa shape index (κ3) is 1.70. The summed E-state index contributed by atoms with van der Waals surface area (Å²) in [6.45, 7) is 2.05. The van der Waals surface area contributed by atoms with E-state index in [0.29, 0.717) is 12.2 Å². The zero-order valence-electron chi connectivity index (χ0n) is 13.4. The summed E-state index contributed by atoms with van der Waals surface area (Å²) < 4.78 is 11.0. The van der Waals surface area contributed by atoms with Crippen molar-refractivity contribution < 1.29 is 24.2 Å². The molecule has 2 unspecified atom stereocenters. The number of fused-ring (bicyclic) bond motifs is 4. The van der Waals surface area contributed by atoms with Crippen LogP contribution in [0.1, 0.15) is 6.92 Å². The number of hydrogen-bond acceptors (Lipinski definition) is 9. The molecule has 2 saturated heterocycles. The fourth-order valence-corrected chi connectivity index (χ4v) is 4.34. The normalized spacial score (nSPS) is 38.5. The summed E-state index contributed by atoms with van der Waals surface area (Å²) in [5.74, 6) is -1.23. The van der Waals surface area contributed by atoms with E-state index in [-0.39, 0.29) is 47.1 Å². The molecule has 0 radical (unpaired) electrons. The van der Waals surface area contributed by atoms with Crippen molar-refractivity contribution >= 4 is 11.6 Å². The number of carbonyl (C=O) groups is 2. The number of hydrogen-bond donors (Lipinski definition) is 4. The molecule has 6 N–H and O–H groups in total. The quantitative estimate of drug-likeness (QED) is 0.248. The van der Waals surface area contributed by atoms with Crippen LogP contribution in [0, 0.1) is 5.92 Å². The van der Waals surface area contributed by atoms with Gasteiger partial charge in [-0.25, -0.2) is 0 Å². The first-order valence-corrected chi connectivity index (χ1v) is 7.78. The minimum absolute atomic E-state index is 0.0289. The number of nitrogens with two attached hydrogens (primary N) is 2. The van der Waals surface area contributed by atoms with Crippen LogP contribution in [0.4, 0.5) is 0 Å². The SMILES string of the molecule is CO[C@@]12C(COC(N)O)C3=C(C(=O)C(C)=C(N)C3=O)N1C[C@@H]1N[C@@H]12. The van der Waals surface area contributed by atoms with Crippen molar-refractivity contribution in [2.75, 3.05) is 20.3 Å². The van der Waals surface area contributed by atoms with Crippen molar-refractivity contribution in [3.8, 4) is 0 Å². The molecule has 0 aromatic heterocycles. The molecule has 1 aliphatic carbocycles. The highest BCUT2D eigenvalue weighted by Gasteiger charge is 2.72. The molecule has 0 saturated carbocycles. The van der Waals surface area contributed by atoms with Gasteiger partial charge in [0.25, 0.3) is 0 Å². The molecule has 5 atom stereocenters. The molecular weight excluding hydrogens is 316 g/mol. The largest absolute Gasteiger partial charge is 0.395 e. The average Bonchev–Trinajstić information content (AvgIpc) is 3.16. The molecule has 0 amide bonds. The van der Waals surface area contributed by atoms with Gasteiger partial charge in [-0.1, -0.05) is 0 Å². The van der Waals surface area contributed by atoms with Gasteiger partial charge in [-0.05, 0) is 6.92 Å². The zero-order chi connectivity index (χ0) is 17.4. The second-order valence-electron chi connectivity index (χ2n) is 6.55. The van der Waals surface area contributed by atoms with Gasteiger partial charge in [0.1, 0.15) is 0 Å². The highest BCUT2D eigenvalue weighted by Crippen LogP contribution is 2.55. The van der Waals surface area contributed by atoms with E-state index in [1.807, 2.05) is 4.90 Å². The maximum Gasteiger partial charge on any atom is 0.210 e. The van der Waals surface area contributed by atoms with E-state index in [2.05, 4.69) is 5.32 Å². The molecule has 3 aliphatic heterocycles. The lowest BCUT2D eigenvalue weighted by Gasteiger charge is -2.40. The maximum absolute atomic E-state index is 12.8. The van der Waals surface area contributed by atoms with E-state index in [4.69, 9.17) is 20.9 Å². The minimum Gasteiger partial charge on any atom is -0.395 e. The van der Waals surface area contributed by atoms with Gasteiger partial charge in [0, 0.05) is 30.8 Å². The molecule has 0 aromatic rings. The van der Waals surface area contributed by atoms with Gasteiger partial charge in [-0.3, -0.25) is 15.3 Å². The molecule has 9 heteroatoms. The van der Waals surface area contributed by atoms with E-state index >= 15 is 0 Å². The Balaban J connectivity index is 1.83. The molecule has 4 aliphatic rings. The van der Waals surface area contributed by atoms with E-state index < -0.39 is 18.1 Å². The number of nitrogens with one attached hydrogen (secondary N) is 1. The van der Waals surface area contributed by atoms with Crippen LogP contribution >= 0.6 is 0 Å². The summed E-state index contributed by atoms with van der Waals surface area (Å²) in [7, 11) is 1.54. The Bertz CT molecular complexity index is 715. The van der Waals surface area contributed by atoms with Crippen LogP contribution in [0.5, 0.6) is 0 Å². The molecule has 9 nitrogen and oxygen atoms in total. The van der Waals surface area contributed by atoms with Crippen molar-refractivity contribution in [1.29, 1.82) is 0 Å². The number of aliphatic hydroxyl groups is 1. The van der Waals surface area contributed by atoms with Gasteiger partial charge in [0.05, 0.1) is 30.0 Å². The van der Waals surface area contributed by atoms with Crippen molar-refractivity contribution in [2.45, 2.75) is 31.1 Å². The predicted octanol–water partition coefficient (Wildman–Crippen LogP) is -2.50. The minimum atomic E-state index is -1.48. The predicted molar refractivity (Wildman–Crippen MR) is 80.7 cm³/mol. The highest BCUT2D eigenvalue weighted by molar-refractivity contribution is 6.25. The Morgan fingerprint density at radius 2 is 2.17 bits per heavy atom. The van der Waals surface area contributed by atoms with Gasteiger partial charge in [-0.15, -0.1) is 0 Å². The lowest BCUT2D eigenvalue weighted by atomic mass is 9.82. The molecule has 4 rings (SSSR count). The summed E-state index contributed by atoms with van der Waals surface area (Å²) in [5.41, 5.74) is 11.0. The first kappa shape index (κ1) is 15.7. The Labute approximate surface area is 138 Å². The van der Waals surface area contributed by atoms with Crippen LogP contribution in [0.3, 0.4) is 0 Å². The monoisotopic (exact) mass is 336 g/mol. The number of piperazine rings is 1.